The van der Waals surface area contributed by atoms with Gasteiger partial charge in [-0.1, -0.05) is 60.1 Å². The average molecular weight is 366 g/mol. The zero-order chi connectivity index (χ0) is 17.4. The summed E-state index contributed by atoms with van der Waals surface area (Å²) in [6, 6.07) is 25.7. The van der Waals surface area contributed by atoms with Gasteiger partial charge in [-0.2, -0.15) is 0 Å². The van der Waals surface area contributed by atoms with E-state index in [-0.39, 0.29) is 0 Å². The van der Waals surface area contributed by atoms with E-state index in [9.17, 15) is 0 Å². The summed E-state index contributed by atoms with van der Waals surface area (Å²) in [7, 11) is 0. The molecule has 1 atom stereocenters. The Hall–Kier alpha value is -2.56. The van der Waals surface area contributed by atoms with Crippen LogP contribution >= 0.6 is 23.8 Å². The van der Waals surface area contributed by atoms with Gasteiger partial charge in [-0.3, -0.25) is 4.90 Å². The van der Waals surface area contributed by atoms with Crippen LogP contribution in [0.4, 0.5) is 11.4 Å². The molecule has 1 unspecified atom stereocenters. The van der Waals surface area contributed by atoms with Crippen LogP contribution in [0.25, 0.3) is 0 Å². The molecule has 3 nitrogen and oxygen atoms in total. The SMILES string of the molecule is Nc1ccc(Cl)cc1C1(c2ccccc2)NC(=S)N1c1ccccc1. The second-order valence-electron chi connectivity index (χ2n) is 5.91. The molecule has 0 aliphatic carbocycles. The monoisotopic (exact) mass is 365 g/mol. The van der Waals surface area contributed by atoms with E-state index in [2.05, 4.69) is 22.3 Å². The van der Waals surface area contributed by atoms with Crippen molar-refractivity contribution in [3.8, 4) is 0 Å². The maximum atomic E-state index is 6.34. The molecule has 1 fully saturated rings. The molecule has 0 aromatic heterocycles. The number of thiocarbonyl (C=S) groups is 1. The Morgan fingerprint density at radius 1 is 0.920 bits per heavy atom. The molecular formula is C20H16ClN3S. The molecular weight excluding hydrogens is 350 g/mol. The van der Waals surface area contributed by atoms with Gasteiger partial charge < -0.3 is 11.1 Å². The minimum Gasteiger partial charge on any atom is -0.398 e. The van der Waals surface area contributed by atoms with Crippen LogP contribution < -0.4 is 16.0 Å². The summed E-state index contributed by atoms with van der Waals surface area (Å²) in [5.41, 5.74) is 9.23. The molecule has 3 N–H and O–H groups in total. The second-order valence-corrected chi connectivity index (χ2v) is 6.73. The number of hydrogen-bond acceptors (Lipinski definition) is 2. The quantitative estimate of drug-likeness (QED) is 0.529. The van der Waals surface area contributed by atoms with Gasteiger partial charge in [-0.05, 0) is 42.5 Å². The number of para-hydroxylation sites is 1. The van der Waals surface area contributed by atoms with Crippen molar-refractivity contribution in [2.45, 2.75) is 5.66 Å². The molecule has 124 valence electrons. The van der Waals surface area contributed by atoms with Gasteiger partial charge in [0.2, 0.25) is 0 Å². The molecule has 1 saturated heterocycles. The van der Waals surface area contributed by atoms with E-state index < -0.39 is 5.66 Å². The first-order valence-electron chi connectivity index (χ1n) is 7.91. The largest absolute Gasteiger partial charge is 0.398 e. The molecule has 1 aliphatic rings. The number of nitrogens with zero attached hydrogens (tertiary/aromatic N) is 1. The van der Waals surface area contributed by atoms with Crippen molar-refractivity contribution in [1.29, 1.82) is 0 Å². The minimum absolute atomic E-state index is 0.632. The Kier molecular flexibility index (Phi) is 3.86. The molecule has 0 radical (unpaired) electrons. The van der Waals surface area contributed by atoms with E-state index in [0.29, 0.717) is 15.8 Å². The summed E-state index contributed by atoms with van der Waals surface area (Å²) in [4.78, 5) is 2.08. The lowest BCUT2D eigenvalue weighted by Crippen LogP contribution is -2.74. The fraction of sp³-hybridized carbons (Fsp3) is 0.0500. The summed E-state index contributed by atoms with van der Waals surface area (Å²) in [5.74, 6) is 0. The van der Waals surface area contributed by atoms with E-state index in [1.54, 1.807) is 6.07 Å². The summed E-state index contributed by atoms with van der Waals surface area (Å²) in [5, 5.41) is 4.70. The van der Waals surface area contributed by atoms with E-state index in [4.69, 9.17) is 29.6 Å². The van der Waals surface area contributed by atoms with Crippen LogP contribution in [0.3, 0.4) is 0 Å². The molecule has 0 spiro atoms. The molecule has 1 heterocycles. The van der Waals surface area contributed by atoms with Crippen molar-refractivity contribution in [3.05, 3.63) is 95.0 Å². The molecule has 4 rings (SSSR count). The predicted octanol–water partition coefficient (Wildman–Crippen LogP) is 4.52. The Balaban J connectivity index is 1.98. The summed E-state index contributed by atoms with van der Waals surface area (Å²) >= 11 is 11.8. The van der Waals surface area contributed by atoms with E-state index in [0.717, 1.165) is 16.8 Å². The molecule has 25 heavy (non-hydrogen) atoms. The second kappa shape index (κ2) is 6.06. The van der Waals surface area contributed by atoms with Gasteiger partial charge in [0.25, 0.3) is 0 Å². The third kappa shape index (κ3) is 2.46. The molecule has 5 heteroatoms. The summed E-state index contributed by atoms with van der Waals surface area (Å²) in [6.45, 7) is 0. The highest BCUT2D eigenvalue weighted by Gasteiger charge is 2.52. The normalized spacial score (nSPS) is 19.2. The maximum absolute atomic E-state index is 6.34. The van der Waals surface area contributed by atoms with Gasteiger partial charge in [0.1, 0.15) is 0 Å². The maximum Gasteiger partial charge on any atom is 0.178 e. The van der Waals surface area contributed by atoms with E-state index >= 15 is 0 Å². The molecule has 1 aliphatic heterocycles. The highest BCUT2D eigenvalue weighted by molar-refractivity contribution is 7.80. The van der Waals surface area contributed by atoms with Gasteiger partial charge in [0.15, 0.2) is 10.8 Å². The number of nitrogens with two attached hydrogens (primary N) is 1. The van der Waals surface area contributed by atoms with E-state index in [1.165, 1.54) is 0 Å². The number of nitrogens with one attached hydrogen (secondary N) is 1. The van der Waals surface area contributed by atoms with Crippen LogP contribution in [-0.4, -0.2) is 5.11 Å². The number of benzene rings is 3. The van der Waals surface area contributed by atoms with Crippen molar-refractivity contribution in [2.75, 3.05) is 10.6 Å². The molecule has 3 aromatic carbocycles. The highest BCUT2D eigenvalue weighted by atomic mass is 35.5. The van der Waals surface area contributed by atoms with Crippen LogP contribution in [0.15, 0.2) is 78.9 Å². The van der Waals surface area contributed by atoms with Crippen molar-refractivity contribution in [3.63, 3.8) is 0 Å². The topological polar surface area (TPSA) is 41.3 Å². The Bertz CT molecular complexity index is 930. The Morgan fingerprint density at radius 2 is 1.56 bits per heavy atom. The van der Waals surface area contributed by atoms with Crippen LogP contribution in [0, 0.1) is 0 Å². The lowest BCUT2D eigenvalue weighted by molar-refractivity contribution is 0.429. The first-order valence-corrected chi connectivity index (χ1v) is 8.70. The number of hydrogen-bond donors (Lipinski definition) is 2. The Morgan fingerprint density at radius 3 is 2.20 bits per heavy atom. The van der Waals surface area contributed by atoms with Crippen molar-refractivity contribution < 1.29 is 0 Å². The zero-order valence-electron chi connectivity index (χ0n) is 13.3. The number of anilines is 2. The minimum atomic E-state index is -0.686. The van der Waals surface area contributed by atoms with E-state index in [1.807, 2.05) is 60.7 Å². The molecule has 0 saturated carbocycles. The Labute approximate surface area is 157 Å². The predicted molar refractivity (Wildman–Crippen MR) is 108 cm³/mol. The molecule has 0 bridgehead atoms. The van der Waals surface area contributed by atoms with Crippen LogP contribution in [0.2, 0.25) is 5.02 Å². The number of rotatable bonds is 3. The van der Waals surface area contributed by atoms with Crippen LogP contribution in [0.5, 0.6) is 0 Å². The fourth-order valence-electron chi connectivity index (χ4n) is 3.32. The zero-order valence-corrected chi connectivity index (χ0v) is 14.9. The van der Waals surface area contributed by atoms with Crippen molar-refractivity contribution in [2.24, 2.45) is 0 Å². The first-order chi connectivity index (χ1) is 12.1. The average Bonchev–Trinajstić information content (AvgIpc) is 2.63. The summed E-state index contributed by atoms with van der Waals surface area (Å²) in [6.07, 6.45) is 0. The van der Waals surface area contributed by atoms with Gasteiger partial charge >= 0.3 is 0 Å². The van der Waals surface area contributed by atoms with Crippen molar-refractivity contribution >= 4 is 40.3 Å². The smallest absolute Gasteiger partial charge is 0.178 e. The molecule has 3 aromatic rings. The van der Waals surface area contributed by atoms with Gasteiger partial charge in [0.05, 0.1) is 0 Å². The number of halogens is 1. The van der Waals surface area contributed by atoms with Gasteiger partial charge in [0, 0.05) is 27.5 Å². The van der Waals surface area contributed by atoms with Gasteiger partial charge in [-0.15, -0.1) is 0 Å². The molecule has 0 amide bonds. The lowest BCUT2D eigenvalue weighted by atomic mass is 9.85. The highest BCUT2D eigenvalue weighted by Crippen LogP contribution is 2.45. The number of nitrogen functional groups attached to an aromatic ring is 1. The third-order valence-electron chi connectivity index (χ3n) is 4.44. The van der Waals surface area contributed by atoms with Crippen molar-refractivity contribution in [1.82, 2.24) is 5.32 Å². The fourth-order valence-corrected chi connectivity index (χ4v) is 3.88. The van der Waals surface area contributed by atoms with Crippen LogP contribution in [-0.2, 0) is 5.66 Å². The van der Waals surface area contributed by atoms with Gasteiger partial charge in [-0.25, -0.2) is 0 Å². The lowest BCUT2D eigenvalue weighted by Gasteiger charge is -2.56. The third-order valence-corrected chi connectivity index (χ3v) is 4.96. The first kappa shape index (κ1) is 15.9. The standard InChI is InChI=1S/C20H16ClN3S/c21-15-11-12-18(22)17(13-15)20(14-7-3-1-4-8-14)23-19(25)24(20)16-9-5-2-6-10-16/h1-13H,22H2,(H,23,25). The summed E-state index contributed by atoms with van der Waals surface area (Å²) < 4.78 is 0. The van der Waals surface area contributed by atoms with Crippen LogP contribution in [0.1, 0.15) is 11.1 Å².